The maximum atomic E-state index is 12.4. The Kier molecular flexibility index (Phi) is 5.81. The number of halogens is 2. The van der Waals surface area contributed by atoms with Crippen LogP contribution in [0, 0.1) is 0 Å². The Morgan fingerprint density at radius 2 is 2.00 bits per heavy atom. The van der Waals surface area contributed by atoms with Crippen LogP contribution in [0.4, 0.5) is 11.8 Å². The molecule has 0 unspecified atom stereocenters. The van der Waals surface area contributed by atoms with Gasteiger partial charge in [0.05, 0.1) is 23.9 Å². The molecule has 0 atom stereocenters. The third-order valence-electron chi connectivity index (χ3n) is 4.57. The van der Waals surface area contributed by atoms with Crippen LogP contribution in [0.15, 0.2) is 34.9 Å². The van der Waals surface area contributed by atoms with Gasteiger partial charge >= 0.3 is 0 Å². The van der Waals surface area contributed by atoms with Crippen molar-refractivity contribution in [3.05, 3.63) is 41.3 Å². The molecule has 1 fully saturated rings. The summed E-state index contributed by atoms with van der Waals surface area (Å²) in [5, 5.41) is 1.13. The number of carbonyl (C=O) groups is 1. The molecule has 4 rings (SSSR count). The van der Waals surface area contributed by atoms with E-state index in [1.165, 1.54) is 6.26 Å². The number of furan rings is 1. The van der Waals surface area contributed by atoms with Gasteiger partial charge < -0.3 is 24.7 Å². The third kappa shape index (κ3) is 3.65. The fourth-order valence-corrected chi connectivity index (χ4v) is 3.35. The van der Waals surface area contributed by atoms with Crippen molar-refractivity contribution in [2.75, 3.05) is 43.9 Å². The van der Waals surface area contributed by atoms with Crippen LogP contribution < -0.4 is 15.4 Å². The second kappa shape index (κ2) is 8.12. The van der Waals surface area contributed by atoms with Crippen molar-refractivity contribution in [2.45, 2.75) is 0 Å². The first kappa shape index (κ1) is 20.0. The van der Waals surface area contributed by atoms with Crippen molar-refractivity contribution in [1.82, 2.24) is 14.9 Å². The highest BCUT2D eigenvalue weighted by Gasteiger charge is 2.25. The summed E-state index contributed by atoms with van der Waals surface area (Å²) in [5.74, 6) is 1.64. The molecule has 28 heavy (non-hydrogen) atoms. The fourth-order valence-electron chi connectivity index (χ4n) is 3.10. The van der Waals surface area contributed by atoms with Crippen LogP contribution in [0.2, 0.25) is 5.02 Å². The lowest BCUT2D eigenvalue weighted by Crippen LogP contribution is -2.49. The zero-order chi connectivity index (χ0) is 19.0. The molecule has 2 N–H and O–H groups in total. The number of hydrogen-bond donors (Lipinski definition) is 1. The van der Waals surface area contributed by atoms with Crippen LogP contribution >= 0.6 is 24.0 Å². The summed E-state index contributed by atoms with van der Waals surface area (Å²) in [5.41, 5.74) is 6.77. The molecule has 1 aromatic carbocycles. The van der Waals surface area contributed by atoms with Crippen molar-refractivity contribution in [3.8, 4) is 5.75 Å². The van der Waals surface area contributed by atoms with E-state index in [0.717, 1.165) is 0 Å². The summed E-state index contributed by atoms with van der Waals surface area (Å²) >= 11 is 6.16. The molecule has 0 bridgehead atoms. The number of nitrogen functional groups attached to an aromatic ring is 1. The molecule has 8 nitrogen and oxygen atoms in total. The summed E-state index contributed by atoms with van der Waals surface area (Å²) in [7, 11) is 1.55. The van der Waals surface area contributed by atoms with Crippen LogP contribution in [-0.2, 0) is 0 Å². The summed E-state index contributed by atoms with van der Waals surface area (Å²) in [6.07, 6.45) is 1.50. The van der Waals surface area contributed by atoms with Gasteiger partial charge in [-0.05, 0) is 18.2 Å². The van der Waals surface area contributed by atoms with Crippen LogP contribution in [0.5, 0.6) is 5.75 Å². The lowest BCUT2D eigenvalue weighted by molar-refractivity contribution is 0.0714. The minimum Gasteiger partial charge on any atom is -0.495 e. The van der Waals surface area contributed by atoms with E-state index in [-0.39, 0.29) is 18.3 Å². The quantitative estimate of drug-likeness (QED) is 0.691. The Morgan fingerprint density at radius 3 is 2.64 bits per heavy atom. The predicted octanol–water partition coefficient (Wildman–Crippen LogP) is 2.85. The summed E-state index contributed by atoms with van der Waals surface area (Å²) in [4.78, 5) is 25.1. The first-order valence-corrected chi connectivity index (χ1v) is 8.83. The predicted molar refractivity (Wildman–Crippen MR) is 110 cm³/mol. The normalized spacial score (nSPS) is 14.1. The second-order valence-corrected chi connectivity index (χ2v) is 6.58. The van der Waals surface area contributed by atoms with Gasteiger partial charge in [0.15, 0.2) is 5.76 Å². The standard InChI is InChI=1S/C18H18ClN5O3.ClH/c1-26-15-10-13-11(9-12(15)19)16(20)22-18(21-13)24-6-4-23(5-7-24)17(25)14-3-2-8-27-14;/h2-3,8-10H,4-7H2,1H3,(H2,20,21,22);1H. The maximum Gasteiger partial charge on any atom is 0.289 e. The number of nitrogens with two attached hydrogens (primary N) is 1. The monoisotopic (exact) mass is 423 g/mol. The van der Waals surface area contributed by atoms with Gasteiger partial charge in [0.2, 0.25) is 5.95 Å². The average Bonchev–Trinajstić information content (AvgIpc) is 3.22. The number of rotatable bonds is 3. The van der Waals surface area contributed by atoms with E-state index < -0.39 is 0 Å². The van der Waals surface area contributed by atoms with Crippen molar-refractivity contribution in [2.24, 2.45) is 0 Å². The minimum absolute atomic E-state index is 0. The second-order valence-electron chi connectivity index (χ2n) is 6.17. The zero-order valence-corrected chi connectivity index (χ0v) is 16.7. The number of anilines is 2. The molecule has 1 amide bonds. The van der Waals surface area contributed by atoms with Crippen molar-refractivity contribution in [3.63, 3.8) is 0 Å². The van der Waals surface area contributed by atoms with E-state index in [4.69, 9.17) is 26.5 Å². The van der Waals surface area contributed by atoms with E-state index in [2.05, 4.69) is 9.97 Å². The van der Waals surface area contributed by atoms with E-state index >= 15 is 0 Å². The molecule has 1 saturated heterocycles. The average molecular weight is 424 g/mol. The third-order valence-corrected chi connectivity index (χ3v) is 4.86. The van der Waals surface area contributed by atoms with Crippen LogP contribution in [0.25, 0.3) is 10.9 Å². The van der Waals surface area contributed by atoms with Crippen molar-refractivity contribution < 1.29 is 13.9 Å². The lowest BCUT2D eigenvalue weighted by Gasteiger charge is -2.34. The highest BCUT2D eigenvalue weighted by molar-refractivity contribution is 6.33. The Balaban J connectivity index is 0.00000225. The zero-order valence-electron chi connectivity index (χ0n) is 15.1. The molecule has 1 aliphatic rings. The molecule has 0 aliphatic carbocycles. The van der Waals surface area contributed by atoms with Gasteiger partial charge in [0.25, 0.3) is 5.91 Å². The first-order valence-electron chi connectivity index (χ1n) is 8.45. The summed E-state index contributed by atoms with van der Waals surface area (Å²) in [6.45, 7) is 2.29. The van der Waals surface area contributed by atoms with Gasteiger partial charge in [-0.3, -0.25) is 4.79 Å². The number of methoxy groups -OCH3 is 1. The number of ether oxygens (including phenoxy) is 1. The number of benzene rings is 1. The smallest absolute Gasteiger partial charge is 0.289 e. The SMILES string of the molecule is COc1cc2nc(N3CCN(C(=O)c4ccco4)CC3)nc(N)c2cc1Cl.Cl. The molecule has 1 aliphatic heterocycles. The Morgan fingerprint density at radius 1 is 1.25 bits per heavy atom. The molecule has 0 saturated carbocycles. The van der Waals surface area contributed by atoms with Crippen LogP contribution in [0.3, 0.4) is 0 Å². The van der Waals surface area contributed by atoms with Gasteiger partial charge in [-0.1, -0.05) is 11.6 Å². The number of hydrogen-bond acceptors (Lipinski definition) is 7. The number of amides is 1. The summed E-state index contributed by atoms with van der Waals surface area (Å²) in [6, 6.07) is 6.82. The van der Waals surface area contributed by atoms with E-state index in [1.54, 1.807) is 36.3 Å². The Bertz CT molecular complexity index is 989. The van der Waals surface area contributed by atoms with Gasteiger partial charge in [-0.25, -0.2) is 4.98 Å². The van der Waals surface area contributed by atoms with E-state index in [0.29, 0.717) is 65.4 Å². The molecule has 0 radical (unpaired) electrons. The van der Waals surface area contributed by atoms with Gasteiger partial charge in [0, 0.05) is 37.6 Å². The topological polar surface area (TPSA) is 97.7 Å². The first-order chi connectivity index (χ1) is 13.1. The number of carbonyl (C=O) groups excluding carboxylic acids is 1. The van der Waals surface area contributed by atoms with E-state index in [1.807, 2.05) is 4.90 Å². The molecular weight excluding hydrogens is 405 g/mol. The molecule has 148 valence electrons. The molecular formula is C18H19Cl2N5O3. The molecule has 10 heteroatoms. The van der Waals surface area contributed by atoms with Gasteiger partial charge in [0.1, 0.15) is 11.6 Å². The van der Waals surface area contributed by atoms with Crippen LogP contribution in [-0.4, -0.2) is 54.1 Å². The molecule has 2 aromatic heterocycles. The molecule has 3 heterocycles. The number of nitrogens with zero attached hydrogens (tertiary/aromatic N) is 4. The highest BCUT2D eigenvalue weighted by Crippen LogP contribution is 2.32. The van der Waals surface area contributed by atoms with Crippen molar-refractivity contribution >= 4 is 52.6 Å². The number of piperazine rings is 1. The van der Waals surface area contributed by atoms with Gasteiger partial charge in [-0.15, -0.1) is 12.4 Å². The largest absolute Gasteiger partial charge is 0.495 e. The minimum atomic E-state index is -0.113. The number of fused-ring (bicyclic) bond motifs is 1. The fraction of sp³-hybridized carbons (Fsp3) is 0.278. The van der Waals surface area contributed by atoms with Crippen molar-refractivity contribution in [1.29, 1.82) is 0 Å². The molecule has 0 spiro atoms. The summed E-state index contributed by atoms with van der Waals surface area (Å²) < 4.78 is 10.4. The lowest BCUT2D eigenvalue weighted by atomic mass is 10.2. The highest BCUT2D eigenvalue weighted by atomic mass is 35.5. The maximum absolute atomic E-state index is 12.4. The van der Waals surface area contributed by atoms with E-state index in [9.17, 15) is 4.79 Å². The molecule has 3 aromatic rings. The Labute approximate surface area is 172 Å². The Hall–Kier alpha value is -2.71. The van der Waals surface area contributed by atoms with Gasteiger partial charge in [-0.2, -0.15) is 4.98 Å². The number of aromatic nitrogens is 2. The van der Waals surface area contributed by atoms with Crippen LogP contribution in [0.1, 0.15) is 10.6 Å².